The van der Waals surface area contributed by atoms with E-state index >= 15 is 0 Å². The van der Waals surface area contributed by atoms with E-state index in [0.29, 0.717) is 15.6 Å². The van der Waals surface area contributed by atoms with Gasteiger partial charge < -0.3 is 9.84 Å². The second-order valence-corrected chi connectivity index (χ2v) is 6.63. The molecule has 1 atom stereocenters. The van der Waals surface area contributed by atoms with Crippen LogP contribution < -0.4 is 0 Å². The molecule has 0 amide bonds. The van der Waals surface area contributed by atoms with Gasteiger partial charge in [-0.1, -0.05) is 47.2 Å². The number of rotatable bonds is 5. The molecule has 0 spiro atoms. The van der Waals surface area contributed by atoms with Gasteiger partial charge in [-0.2, -0.15) is 0 Å². The van der Waals surface area contributed by atoms with E-state index in [1.807, 2.05) is 38.1 Å². The Morgan fingerprint density at radius 1 is 1.16 bits per heavy atom. The van der Waals surface area contributed by atoms with Gasteiger partial charge in [0, 0.05) is 22.6 Å². The van der Waals surface area contributed by atoms with Crippen LogP contribution in [0.1, 0.15) is 30.5 Å². The lowest BCUT2D eigenvalue weighted by atomic mass is 10.0. The second kappa shape index (κ2) is 8.92. The van der Waals surface area contributed by atoms with Crippen LogP contribution in [0.25, 0.3) is 0 Å². The van der Waals surface area contributed by atoms with E-state index < -0.39 is 12.1 Å². The lowest BCUT2D eigenvalue weighted by Gasteiger charge is -2.16. The molecule has 0 radical (unpaired) electrons. The smallest absolute Gasteiger partial charge is 0.333 e. The Balaban J connectivity index is 2.19. The lowest BCUT2D eigenvalue weighted by Crippen LogP contribution is -2.29. The molecular formula is C20H18Cl2O3. The molecule has 25 heavy (non-hydrogen) atoms. The SMILES string of the molecule is CC(C)OC(Cc1cccc(C#Cc2ccc(Cl)cc2Cl)c1)C(=O)O. The molecule has 0 aliphatic heterocycles. The zero-order chi connectivity index (χ0) is 18.4. The van der Waals surface area contributed by atoms with E-state index in [1.165, 1.54) is 0 Å². The minimum Gasteiger partial charge on any atom is -0.479 e. The van der Waals surface area contributed by atoms with Crippen molar-refractivity contribution in [2.45, 2.75) is 32.5 Å². The van der Waals surface area contributed by atoms with Gasteiger partial charge in [0.05, 0.1) is 11.1 Å². The average molecular weight is 377 g/mol. The summed E-state index contributed by atoms with van der Waals surface area (Å²) in [6.45, 7) is 3.63. The number of halogens is 2. The van der Waals surface area contributed by atoms with Gasteiger partial charge in [-0.3, -0.25) is 0 Å². The van der Waals surface area contributed by atoms with Crippen LogP contribution in [0, 0.1) is 11.8 Å². The van der Waals surface area contributed by atoms with Gasteiger partial charge in [-0.25, -0.2) is 4.79 Å². The van der Waals surface area contributed by atoms with Crippen LogP contribution in [-0.2, 0) is 16.0 Å². The Morgan fingerprint density at radius 2 is 1.92 bits per heavy atom. The molecule has 5 heteroatoms. The summed E-state index contributed by atoms with van der Waals surface area (Å²) in [5.74, 6) is 5.07. The fourth-order valence-corrected chi connectivity index (χ4v) is 2.70. The van der Waals surface area contributed by atoms with Crippen LogP contribution in [0.5, 0.6) is 0 Å². The molecule has 0 saturated heterocycles. The van der Waals surface area contributed by atoms with Gasteiger partial charge in [-0.05, 0) is 49.7 Å². The average Bonchev–Trinajstić information content (AvgIpc) is 2.53. The standard InChI is InChI=1S/C20H18Cl2O3/c1-13(2)25-19(20(23)24)11-15-5-3-4-14(10-15)6-7-16-8-9-17(21)12-18(16)22/h3-5,8-10,12-13,19H,11H2,1-2H3,(H,23,24). The topological polar surface area (TPSA) is 46.5 Å². The number of ether oxygens (including phenoxy) is 1. The Kier molecular flexibility index (Phi) is 6.90. The van der Waals surface area contributed by atoms with Crippen molar-refractivity contribution >= 4 is 29.2 Å². The maximum atomic E-state index is 11.3. The molecule has 130 valence electrons. The second-order valence-electron chi connectivity index (χ2n) is 5.79. The molecular weight excluding hydrogens is 359 g/mol. The van der Waals surface area contributed by atoms with E-state index in [-0.39, 0.29) is 12.5 Å². The monoisotopic (exact) mass is 376 g/mol. The quantitative estimate of drug-likeness (QED) is 0.761. The van der Waals surface area contributed by atoms with Crippen molar-refractivity contribution in [3.05, 3.63) is 69.2 Å². The number of aliphatic carboxylic acids is 1. The first kappa shape index (κ1) is 19.3. The molecule has 1 N–H and O–H groups in total. The highest BCUT2D eigenvalue weighted by Gasteiger charge is 2.20. The first-order chi connectivity index (χ1) is 11.8. The predicted molar refractivity (Wildman–Crippen MR) is 100 cm³/mol. The van der Waals surface area contributed by atoms with Crippen LogP contribution >= 0.6 is 23.2 Å². The van der Waals surface area contributed by atoms with Crippen molar-refractivity contribution < 1.29 is 14.6 Å². The minimum absolute atomic E-state index is 0.156. The summed E-state index contributed by atoms with van der Waals surface area (Å²) >= 11 is 12.0. The summed E-state index contributed by atoms with van der Waals surface area (Å²) in [7, 11) is 0. The number of carboxylic acids is 1. The molecule has 0 saturated carbocycles. The van der Waals surface area contributed by atoms with Crippen molar-refractivity contribution in [2.75, 3.05) is 0 Å². The minimum atomic E-state index is -0.974. The van der Waals surface area contributed by atoms with Crippen LogP contribution in [0.2, 0.25) is 10.0 Å². The summed E-state index contributed by atoms with van der Waals surface area (Å²) in [4.78, 5) is 11.3. The van der Waals surface area contributed by atoms with Gasteiger partial charge in [0.25, 0.3) is 0 Å². The number of carbonyl (C=O) groups is 1. The molecule has 0 heterocycles. The lowest BCUT2D eigenvalue weighted by molar-refractivity contribution is -0.153. The van der Waals surface area contributed by atoms with Gasteiger partial charge in [0.1, 0.15) is 0 Å². The highest BCUT2D eigenvalue weighted by molar-refractivity contribution is 6.35. The number of hydrogen-bond donors (Lipinski definition) is 1. The van der Waals surface area contributed by atoms with Crippen molar-refractivity contribution in [1.29, 1.82) is 0 Å². The van der Waals surface area contributed by atoms with Gasteiger partial charge >= 0.3 is 5.97 Å². The first-order valence-corrected chi connectivity index (χ1v) is 8.55. The van der Waals surface area contributed by atoms with Gasteiger partial charge in [0.15, 0.2) is 6.10 Å². The Labute approximate surface area is 157 Å². The molecule has 0 aliphatic rings. The summed E-state index contributed by atoms with van der Waals surface area (Å²) in [5.41, 5.74) is 2.31. The van der Waals surface area contributed by atoms with E-state index in [2.05, 4.69) is 11.8 Å². The van der Waals surface area contributed by atoms with E-state index in [0.717, 1.165) is 11.1 Å². The third-order valence-corrected chi connectivity index (χ3v) is 3.88. The molecule has 2 aromatic rings. The zero-order valence-corrected chi connectivity index (χ0v) is 15.4. The first-order valence-electron chi connectivity index (χ1n) is 7.79. The number of carboxylic acid groups (broad SMARTS) is 1. The van der Waals surface area contributed by atoms with Crippen molar-refractivity contribution in [2.24, 2.45) is 0 Å². The summed E-state index contributed by atoms with van der Waals surface area (Å²) in [6, 6.07) is 12.6. The summed E-state index contributed by atoms with van der Waals surface area (Å²) < 4.78 is 5.45. The number of benzene rings is 2. The molecule has 0 aromatic heterocycles. The molecule has 2 rings (SSSR count). The molecule has 3 nitrogen and oxygen atoms in total. The van der Waals surface area contributed by atoms with E-state index in [4.69, 9.17) is 27.9 Å². The predicted octanol–water partition coefficient (Wildman–Crippen LogP) is 4.81. The van der Waals surface area contributed by atoms with Crippen LogP contribution in [-0.4, -0.2) is 23.3 Å². The largest absolute Gasteiger partial charge is 0.479 e. The molecule has 0 fully saturated rings. The highest BCUT2D eigenvalue weighted by atomic mass is 35.5. The highest BCUT2D eigenvalue weighted by Crippen LogP contribution is 2.20. The molecule has 1 unspecified atom stereocenters. The Hall–Kier alpha value is -1.99. The van der Waals surface area contributed by atoms with Crippen LogP contribution in [0.3, 0.4) is 0 Å². The van der Waals surface area contributed by atoms with Crippen molar-refractivity contribution in [3.63, 3.8) is 0 Å². The number of hydrogen-bond acceptors (Lipinski definition) is 2. The van der Waals surface area contributed by atoms with Crippen molar-refractivity contribution in [3.8, 4) is 11.8 Å². The van der Waals surface area contributed by atoms with E-state index in [9.17, 15) is 9.90 Å². The summed E-state index contributed by atoms with van der Waals surface area (Å²) in [5, 5.41) is 10.3. The van der Waals surface area contributed by atoms with Gasteiger partial charge in [0.2, 0.25) is 0 Å². The fraction of sp³-hybridized carbons (Fsp3) is 0.250. The third-order valence-electron chi connectivity index (χ3n) is 3.33. The zero-order valence-electron chi connectivity index (χ0n) is 13.9. The normalized spacial score (nSPS) is 11.7. The molecule has 2 aromatic carbocycles. The van der Waals surface area contributed by atoms with Crippen molar-refractivity contribution in [1.82, 2.24) is 0 Å². The Bertz CT molecular complexity index is 819. The molecule has 0 aliphatic carbocycles. The maximum absolute atomic E-state index is 11.3. The molecule has 0 bridgehead atoms. The van der Waals surface area contributed by atoms with Gasteiger partial charge in [-0.15, -0.1) is 0 Å². The Morgan fingerprint density at radius 3 is 2.56 bits per heavy atom. The maximum Gasteiger partial charge on any atom is 0.333 e. The fourth-order valence-electron chi connectivity index (χ4n) is 2.24. The van der Waals surface area contributed by atoms with E-state index in [1.54, 1.807) is 18.2 Å². The third kappa shape index (κ3) is 6.10. The van der Waals surface area contributed by atoms with Crippen LogP contribution in [0.15, 0.2) is 42.5 Å². The van der Waals surface area contributed by atoms with Crippen LogP contribution in [0.4, 0.5) is 0 Å². The summed E-state index contributed by atoms with van der Waals surface area (Å²) in [6.07, 6.45) is -0.755.